The normalized spacial score (nSPS) is 19.3. The molecule has 3 rings (SSSR count). The number of ether oxygens (including phenoxy) is 6. The van der Waals surface area contributed by atoms with E-state index in [1.807, 2.05) is 0 Å². The van der Waals surface area contributed by atoms with E-state index >= 15 is 0 Å². The van der Waals surface area contributed by atoms with E-state index < -0.39 is 70.5 Å². The molecule has 40 heavy (non-hydrogen) atoms. The number of aliphatic hydroxyl groups excluding tert-OH is 1. The van der Waals surface area contributed by atoms with Crippen molar-refractivity contribution in [2.24, 2.45) is 0 Å². The number of carbonyl (C=O) groups is 2. The summed E-state index contributed by atoms with van der Waals surface area (Å²) >= 11 is 5.18. The second-order valence-electron chi connectivity index (χ2n) is 8.94. The highest BCUT2D eigenvalue weighted by Crippen LogP contribution is 2.48. The zero-order valence-corrected chi connectivity index (χ0v) is 23.9. The molecule has 224 valence electrons. The van der Waals surface area contributed by atoms with E-state index in [9.17, 15) is 19.3 Å². The van der Waals surface area contributed by atoms with Gasteiger partial charge in [0.05, 0.1) is 31.2 Å². The first-order valence-electron chi connectivity index (χ1n) is 12.1. The number of hydrogen-bond donors (Lipinski definition) is 3. The summed E-state index contributed by atoms with van der Waals surface area (Å²) in [7, 11) is -4.16. The summed E-state index contributed by atoms with van der Waals surface area (Å²) in [5, 5.41) is 10.5. The van der Waals surface area contributed by atoms with Gasteiger partial charge in [-0.3, -0.25) is 18.2 Å². The van der Waals surface area contributed by atoms with Crippen molar-refractivity contribution >= 4 is 49.2 Å². The fraction of sp³-hybridized carbons (Fsp3) is 0.667. The fourth-order valence-electron chi connectivity index (χ4n) is 3.36. The van der Waals surface area contributed by atoms with Crippen molar-refractivity contribution in [1.29, 1.82) is 0 Å². The summed E-state index contributed by atoms with van der Waals surface area (Å²) in [4.78, 5) is 34.2. The molecule has 0 bridgehead atoms. The maximum absolute atomic E-state index is 13.2. The smallest absolute Gasteiger partial charge is 0.432 e. The quantitative estimate of drug-likeness (QED) is 0.129. The molecule has 0 saturated carbocycles. The molecule has 2 aromatic rings. The number of rotatable bonds is 13. The molecule has 1 saturated heterocycles. The summed E-state index contributed by atoms with van der Waals surface area (Å²) in [5.74, 6) is 0.0938. The number of anilines is 1. The Bertz CT molecular complexity index is 1240. The third-order valence-electron chi connectivity index (χ3n) is 5.03. The number of carbonyl (C=O) groups excluding carboxylic acids is 2. The minimum absolute atomic E-state index is 0.0938. The molecule has 0 aromatic carbocycles. The van der Waals surface area contributed by atoms with Crippen molar-refractivity contribution in [3.05, 3.63) is 11.0 Å². The van der Waals surface area contributed by atoms with E-state index in [-0.39, 0.29) is 23.6 Å². The Morgan fingerprint density at radius 3 is 2.38 bits per heavy atom. The number of hydrogen-bond acceptors (Lipinski definition) is 16. The van der Waals surface area contributed by atoms with Gasteiger partial charge < -0.3 is 44.2 Å². The number of imidazole rings is 1. The van der Waals surface area contributed by atoms with Crippen LogP contribution in [-0.4, -0.2) is 87.9 Å². The highest BCUT2D eigenvalue weighted by atomic mass is 32.1. The SMILES string of the molecule is CC(C)OC(=O)OCOP(=O)(COC[C@H]1O[C@@H](n2cnc3c(=S)nc(N)[nH]c32)C[C@@H]1O)OCOC(=O)OC(C)C. The first-order valence-corrected chi connectivity index (χ1v) is 14.2. The first kappa shape index (κ1) is 31.7. The number of nitrogens with one attached hydrogen (secondary N) is 1. The largest absolute Gasteiger partial charge is 0.510 e. The van der Waals surface area contributed by atoms with Crippen LogP contribution in [0, 0.1) is 4.64 Å². The predicted octanol–water partition coefficient (Wildman–Crippen LogP) is 2.96. The van der Waals surface area contributed by atoms with Crippen molar-refractivity contribution in [2.45, 2.75) is 64.8 Å². The van der Waals surface area contributed by atoms with E-state index in [2.05, 4.69) is 15.0 Å². The molecule has 0 aliphatic carbocycles. The van der Waals surface area contributed by atoms with Gasteiger partial charge >= 0.3 is 19.9 Å². The second-order valence-corrected chi connectivity index (χ2v) is 11.3. The molecule has 19 heteroatoms. The molecular formula is C21H32N5O12PS. The van der Waals surface area contributed by atoms with E-state index in [0.29, 0.717) is 11.2 Å². The molecule has 1 fully saturated rings. The van der Waals surface area contributed by atoms with Gasteiger partial charge in [0.1, 0.15) is 29.8 Å². The molecule has 3 heterocycles. The van der Waals surface area contributed by atoms with Crippen LogP contribution in [0.3, 0.4) is 0 Å². The molecule has 1 aliphatic rings. The van der Waals surface area contributed by atoms with Crippen molar-refractivity contribution in [3.8, 4) is 0 Å². The molecule has 1 aliphatic heterocycles. The summed E-state index contributed by atoms with van der Waals surface area (Å²) in [6, 6.07) is 0. The van der Waals surface area contributed by atoms with E-state index in [4.69, 9.17) is 55.4 Å². The van der Waals surface area contributed by atoms with E-state index in [1.54, 1.807) is 32.3 Å². The minimum atomic E-state index is -4.16. The minimum Gasteiger partial charge on any atom is -0.432 e. The van der Waals surface area contributed by atoms with Crippen molar-refractivity contribution in [3.63, 3.8) is 0 Å². The number of nitrogens with two attached hydrogens (primary N) is 1. The summed E-state index contributed by atoms with van der Waals surface area (Å²) in [5.41, 5.74) is 6.63. The fourth-order valence-corrected chi connectivity index (χ4v) is 4.59. The van der Waals surface area contributed by atoms with Crippen LogP contribution in [0.25, 0.3) is 11.2 Å². The van der Waals surface area contributed by atoms with Gasteiger partial charge in [-0.2, -0.15) is 0 Å². The number of nitrogens with zero attached hydrogens (tertiary/aromatic N) is 3. The summed E-state index contributed by atoms with van der Waals surface area (Å²) in [6.45, 7) is 4.60. The van der Waals surface area contributed by atoms with Gasteiger partial charge in [-0.05, 0) is 27.7 Å². The average Bonchev–Trinajstić information content (AvgIpc) is 3.41. The number of aromatic amines is 1. The maximum atomic E-state index is 13.2. The highest BCUT2D eigenvalue weighted by molar-refractivity contribution is 7.71. The molecule has 0 spiro atoms. The average molecular weight is 610 g/mol. The van der Waals surface area contributed by atoms with Gasteiger partial charge in [-0.15, -0.1) is 0 Å². The third kappa shape index (κ3) is 9.09. The molecule has 17 nitrogen and oxygen atoms in total. The molecule has 2 aromatic heterocycles. The molecule has 0 amide bonds. The molecule has 4 N–H and O–H groups in total. The molecular weight excluding hydrogens is 577 g/mol. The lowest BCUT2D eigenvalue weighted by Crippen LogP contribution is -2.27. The highest BCUT2D eigenvalue weighted by Gasteiger charge is 2.37. The molecule has 0 unspecified atom stereocenters. The van der Waals surface area contributed by atoms with Gasteiger partial charge in [0, 0.05) is 6.42 Å². The van der Waals surface area contributed by atoms with Gasteiger partial charge in [0.2, 0.25) is 13.6 Å². The van der Waals surface area contributed by atoms with Gasteiger partial charge in [-0.25, -0.2) is 19.6 Å². The number of nitrogen functional groups attached to an aromatic ring is 1. The van der Waals surface area contributed by atoms with E-state index in [1.165, 1.54) is 6.33 Å². The molecule has 0 radical (unpaired) electrons. The van der Waals surface area contributed by atoms with Crippen LogP contribution < -0.4 is 5.73 Å². The first-order chi connectivity index (χ1) is 18.9. The number of H-pyrrole nitrogens is 1. The van der Waals surface area contributed by atoms with Crippen LogP contribution in [0.2, 0.25) is 0 Å². The lowest BCUT2D eigenvalue weighted by atomic mass is 10.2. The number of fused-ring (bicyclic) bond motifs is 1. The standard InChI is InChI=1S/C21H32N5O12PS/c1-11(2)36-20(28)32-8-34-39(30,35-9-33-21(29)37-12(3)4)10-31-6-14-13(27)5-15(38-14)26-7-23-16-17(26)24-19(22)25-18(16)40/h7,11-15,27H,5-6,8-10H2,1-4H3,(H3,22,24,25,40)/t13-,14+,15+/m0/s1. The van der Waals surface area contributed by atoms with Crippen molar-refractivity contribution < 1.29 is 56.7 Å². The van der Waals surface area contributed by atoms with Crippen LogP contribution in [0.1, 0.15) is 40.3 Å². The summed E-state index contributed by atoms with van der Waals surface area (Å²) < 4.78 is 55.6. The van der Waals surface area contributed by atoms with Gasteiger partial charge in [0.25, 0.3) is 0 Å². The predicted molar refractivity (Wildman–Crippen MR) is 137 cm³/mol. The monoisotopic (exact) mass is 609 g/mol. The Labute approximate surface area is 233 Å². The zero-order valence-electron chi connectivity index (χ0n) is 22.2. The van der Waals surface area contributed by atoms with E-state index in [0.717, 1.165) is 0 Å². The topological polar surface area (TPSA) is 218 Å². The second kappa shape index (κ2) is 14.2. The van der Waals surface area contributed by atoms with Crippen LogP contribution in [0.15, 0.2) is 6.33 Å². The van der Waals surface area contributed by atoms with Crippen molar-refractivity contribution in [2.75, 3.05) is 32.3 Å². The number of aromatic nitrogens is 4. The lowest BCUT2D eigenvalue weighted by Gasteiger charge is -2.20. The van der Waals surface area contributed by atoms with Crippen LogP contribution in [0.5, 0.6) is 0 Å². The lowest BCUT2D eigenvalue weighted by molar-refractivity contribution is -0.0618. The Balaban J connectivity index is 1.57. The Morgan fingerprint density at radius 1 is 1.20 bits per heavy atom. The van der Waals surface area contributed by atoms with Crippen LogP contribution >= 0.6 is 19.8 Å². The summed E-state index contributed by atoms with van der Waals surface area (Å²) in [6.07, 6.45) is -4.50. The van der Waals surface area contributed by atoms with Crippen LogP contribution in [-0.2, 0) is 42.0 Å². The third-order valence-corrected chi connectivity index (χ3v) is 6.81. The number of aliphatic hydroxyl groups is 1. The zero-order chi connectivity index (χ0) is 29.4. The van der Waals surface area contributed by atoms with Crippen LogP contribution in [0.4, 0.5) is 15.5 Å². The Hall–Kier alpha value is -2.86. The maximum Gasteiger partial charge on any atom is 0.510 e. The van der Waals surface area contributed by atoms with Crippen molar-refractivity contribution in [1.82, 2.24) is 19.5 Å². The Morgan fingerprint density at radius 2 is 1.80 bits per heavy atom. The van der Waals surface area contributed by atoms with Gasteiger partial charge in [0.15, 0.2) is 10.6 Å². The Kier molecular flexibility index (Phi) is 11.2. The van der Waals surface area contributed by atoms with Gasteiger partial charge in [-0.1, -0.05) is 12.2 Å². The molecule has 3 atom stereocenters.